The lowest BCUT2D eigenvalue weighted by molar-refractivity contribution is 0.114. The number of aryl methyl sites for hydroxylation is 2. The van der Waals surface area contributed by atoms with Crippen LogP contribution in [-0.2, 0) is 18.9 Å². The van der Waals surface area contributed by atoms with Crippen molar-refractivity contribution >= 4 is 31.9 Å². The highest BCUT2D eigenvalue weighted by Gasteiger charge is 2.35. The average Bonchev–Trinajstić information content (AvgIpc) is 2.71. The van der Waals surface area contributed by atoms with Gasteiger partial charge in [0.05, 0.1) is 29.1 Å². The van der Waals surface area contributed by atoms with Crippen molar-refractivity contribution in [2.24, 2.45) is 7.05 Å². The van der Waals surface area contributed by atoms with Gasteiger partial charge in [-0.25, -0.2) is 0 Å². The number of aromatic nitrogens is 2. The first-order valence-corrected chi connectivity index (χ1v) is 8.18. The minimum atomic E-state index is -0.761. The normalized spacial score (nSPS) is 11.9. The van der Waals surface area contributed by atoms with E-state index in [1.807, 2.05) is 38.2 Å². The van der Waals surface area contributed by atoms with Crippen LogP contribution in [0.15, 0.2) is 33.2 Å². The molecule has 114 valence electrons. The molecule has 2 rings (SSSR count). The molecule has 0 aliphatic carbocycles. The molecule has 0 spiro atoms. The van der Waals surface area contributed by atoms with Crippen molar-refractivity contribution in [1.29, 1.82) is 0 Å². The van der Waals surface area contributed by atoms with E-state index in [1.54, 1.807) is 4.68 Å². The van der Waals surface area contributed by atoms with Gasteiger partial charge < -0.3 is 10.2 Å². The van der Waals surface area contributed by atoms with Gasteiger partial charge in [0.25, 0.3) is 0 Å². The Hall–Kier alpha value is -0.690. The summed E-state index contributed by atoms with van der Waals surface area (Å²) in [4.78, 5) is 0. The molecule has 0 aliphatic rings. The molecule has 0 radical (unpaired) electrons. The highest BCUT2D eigenvalue weighted by atomic mass is 79.9. The number of rotatable bonds is 5. The van der Waals surface area contributed by atoms with Crippen molar-refractivity contribution in [2.75, 3.05) is 13.2 Å². The van der Waals surface area contributed by atoms with Gasteiger partial charge >= 0.3 is 0 Å². The van der Waals surface area contributed by atoms with Gasteiger partial charge in [-0.2, -0.15) is 5.10 Å². The average molecular weight is 418 g/mol. The second kappa shape index (κ2) is 6.60. The lowest BCUT2D eigenvalue weighted by atomic mass is 9.78. The molecule has 0 amide bonds. The lowest BCUT2D eigenvalue weighted by Gasteiger charge is -2.31. The minimum absolute atomic E-state index is 0.150. The predicted molar refractivity (Wildman–Crippen MR) is 89.3 cm³/mol. The topological polar surface area (TPSA) is 58.3 Å². The number of aliphatic hydroxyl groups is 2. The van der Waals surface area contributed by atoms with Gasteiger partial charge in [-0.1, -0.05) is 34.1 Å². The Balaban J connectivity index is 2.51. The molecule has 1 aromatic carbocycles. The zero-order valence-electron chi connectivity index (χ0n) is 12.0. The molecule has 21 heavy (non-hydrogen) atoms. The fraction of sp³-hybridized carbons (Fsp3) is 0.400. The van der Waals surface area contributed by atoms with Crippen molar-refractivity contribution in [2.45, 2.75) is 18.8 Å². The number of hydrogen-bond acceptors (Lipinski definition) is 3. The summed E-state index contributed by atoms with van der Waals surface area (Å²) in [5, 5.41) is 24.3. The molecule has 4 nitrogen and oxygen atoms in total. The quantitative estimate of drug-likeness (QED) is 0.786. The molecule has 0 saturated carbocycles. The molecule has 2 N–H and O–H groups in total. The monoisotopic (exact) mass is 416 g/mol. The largest absolute Gasteiger partial charge is 0.395 e. The summed E-state index contributed by atoms with van der Waals surface area (Å²) < 4.78 is 3.59. The van der Waals surface area contributed by atoms with Crippen LogP contribution in [0, 0.1) is 6.92 Å². The number of hydrogen-bond donors (Lipinski definition) is 2. The summed E-state index contributed by atoms with van der Waals surface area (Å²) in [6, 6.07) is 7.66. The summed E-state index contributed by atoms with van der Waals surface area (Å²) in [5.41, 5.74) is 1.97. The van der Waals surface area contributed by atoms with Gasteiger partial charge in [-0.3, -0.25) is 4.68 Å². The van der Waals surface area contributed by atoms with E-state index in [2.05, 4.69) is 37.0 Å². The number of nitrogens with zero attached hydrogens (tertiary/aromatic N) is 2. The zero-order chi connectivity index (χ0) is 15.6. The third kappa shape index (κ3) is 3.08. The summed E-state index contributed by atoms with van der Waals surface area (Å²) >= 11 is 7.06. The SMILES string of the molecule is Cc1nn(C)c(CC(CO)(CO)c2ccccc2Br)c1Br. The smallest absolute Gasteiger partial charge is 0.0738 e. The Kier molecular flexibility index (Phi) is 5.24. The maximum atomic E-state index is 9.98. The van der Waals surface area contributed by atoms with Crippen LogP contribution in [0.25, 0.3) is 0 Å². The molecule has 2 aromatic rings. The van der Waals surface area contributed by atoms with Gasteiger partial charge in [0.1, 0.15) is 0 Å². The first kappa shape index (κ1) is 16.7. The number of halogens is 2. The Labute approximate surface area is 141 Å². The van der Waals surface area contributed by atoms with Crippen LogP contribution in [0.1, 0.15) is 17.0 Å². The molecule has 0 bridgehead atoms. The van der Waals surface area contributed by atoms with Gasteiger partial charge in [0.15, 0.2) is 0 Å². The predicted octanol–water partition coefficient (Wildman–Crippen LogP) is 2.72. The lowest BCUT2D eigenvalue weighted by Crippen LogP contribution is -2.38. The zero-order valence-corrected chi connectivity index (χ0v) is 15.1. The standard InChI is InChI=1S/C15H18Br2N2O2/c1-10-14(17)13(19(2)18-10)7-15(8-20,9-21)11-5-3-4-6-12(11)16/h3-6,20-21H,7-9H2,1-2H3. The molecule has 0 unspecified atom stereocenters. The first-order chi connectivity index (χ1) is 9.95. The van der Waals surface area contributed by atoms with E-state index in [1.165, 1.54) is 0 Å². The molecule has 0 fully saturated rings. The van der Waals surface area contributed by atoms with Crippen molar-refractivity contribution < 1.29 is 10.2 Å². The Morgan fingerprint density at radius 3 is 2.29 bits per heavy atom. The molecular weight excluding hydrogens is 400 g/mol. The third-order valence-corrected chi connectivity index (χ3v) is 5.54. The number of benzene rings is 1. The van der Waals surface area contributed by atoms with Crippen LogP contribution >= 0.6 is 31.9 Å². The van der Waals surface area contributed by atoms with E-state index in [4.69, 9.17) is 0 Å². The van der Waals surface area contributed by atoms with Crippen LogP contribution in [0.4, 0.5) is 0 Å². The summed E-state index contributed by atoms with van der Waals surface area (Å²) in [6.07, 6.45) is 0.487. The molecule has 6 heteroatoms. The van der Waals surface area contributed by atoms with E-state index in [-0.39, 0.29) is 13.2 Å². The van der Waals surface area contributed by atoms with Gasteiger partial charge in [-0.15, -0.1) is 0 Å². The first-order valence-electron chi connectivity index (χ1n) is 6.60. The van der Waals surface area contributed by atoms with E-state index in [0.29, 0.717) is 6.42 Å². The van der Waals surface area contributed by atoms with E-state index in [9.17, 15) is 10.2 Å². The van der Waals surface area contributed by atoms with Gasteiger partial charge in [0.2, 0.25) is 0 Å². The van der Waals surface area contributed by atoms with Crippen LogP contribution < -0.4 is 0 Å². The molecule has 0 saturated heterocycles. The van der Waals surface area contributed by atoms with E-state index >= 15 is 0 Å². The van der Waals surface area contributed by atoms with Crippen molar-refractivity contribution in [1.82, 2.24) is 9.78 Å². The third-order valence-electron chi connectivity index (χ3n) is 3.82. The Bertz CT molecular complexity index is 637. The maximum Gasteiger partial charge on any atom is 0.0738 e. The maximum absolute atomic E-state index is 9.98. The molecule has 0 aliphatic heterocycles. The summed E-state index contributed by atoms with van der Waals surface area (Å²) in [7, 11) is 1.87. The van der Waals surface area contributed by atoms with Crippen LogP contribution in [0.2, 0.25) is 0 Å². The van der Waals surface area contributed by atoms with E-state index in [0.717, 1.165) is 25.9 Å². The second-order valence-electron chi connectivity index (χ2n) is 5.22. The van der Waals surface area contributed by atoms with Crippen LogP contribution in [0.3, 0.4) is 0 Å². The second-order valence-corrected chi connectivity index (χ2v) is 6.87. The summed E-state index contributed by atoms with van der Waals surface area (Å²) in [6.45, 7) is 1.62. The molecular formula is C15H18Br2N2O2. The summed E-state index contributed by atoms with van der Waals surface area (Å²) in [5.74, 6) is 0. The van der Waals surface area contributed by atoms with Gasteiger partial charge in [-0.05, 0) is 34.5 Å². The molecule has 1 heterocycles. The fourth-order valence-electron chi connectivity index (χ4n) is 2.51. The molecule has 0 atom stereocenters. The van der Waals surface area contributed by atoms with Crippen molar-refractivity contribution in [3.8, 4) is 0 Å². The van der Waals surface area contributed by atoms with Crippen LogP contribution in [-0.4, -0.2) is 33.2 Å². The van der Waals surface area contributed by atoms with Crippen molar-refractivity contribution in [3.63, 3.8) is 0 Å². The highest BCUT2D eigenvalue weighted by Crippen LogP contribution is 2.35. The number of aliphatic hydroxyl groups excluding tert-OH is 2. The van der Waals surface area contributed by atoms with Gasteiger partial charge in [0, 0.05) is 23.4 Å². The fourth-order valence-corrected chi connectivity index (χ4v) is 3.69. The Morgan fingerprint density at radius 2 is 1.81 bits per heavy atom. The highest BCUT2D eigenvalue weighted by molar-refractivity contribution is 9.10. The van der Waals surface area contributed by atoms with E-state index < -0.39 is 5.41 Å². The Morgan fingerprint density at radius 1 is 1.19 bits per heavy atom. The minimum Gasteiger partial charge on any atom is -0.395 e. The molecule has 1 aromatic heterocycles. The van der Waals surface area contributed by atoms with Crippen LogP contribution in [0.5, 0.6) is 0 Å². The van der Waals surface area contributed by atoms with Crippen molar-refractivity contribution in [3.05, 3.63) is 50.2 Å².